The Hall–Kier alpha value is -4.76. The van der Waals surface area contributed by atoms with Crippen molar-refractivity contribution >= 4 is 41.4 Å². The fourth-order valence-corrected chi connectivity index (χ4v) is 7.45. The van der Waals surface area contributed by atoms with E-state index in [-0.39, 0.29) is 78.8 Å². The van der Waals surface area contributed by atoms with Gasteiger partial charge in [-0.3, -0.25) is 19.7 Å². The molecular weight excluding hydrogens is 771 g/mol. The highest BCUT2D eigenvalue weighted by atomic mass is 32.2. The lowest BCUT2D eigenvalue weighted by molar-refractivity contribution is -0.386. The number of carbonyl (C=O) groups excluding carboxylic acids is 4. The highest BCUT2D eigenvalue weighted by molar-refractivity contribution is 8.00. The van der Waals surface area contributed by atoms with E-state index in [9.17, 15) is 29.3 Å². The molecule has 2 aliphatic rings. The summed E-state index contributed by atoms with van der Waals surface area (Å²) >= 11 is 1.88. The number of nitro benzene ring substituents is 1. The third-order valence-electron chi connectivity index (χ3n) is 8.77. The van der Waals surface area contributed by atoms with E-state index in [2.05, 4.69) is 36.6 Å². The Bertz CT molecular complexity index is 1500. The molecule has 0 radical (unpaired) electrons. The van der Waals surface area contributed by atoms with E-state index in [0.717, 1.165) is 25.0 Å². The topological polar surface area (TPSA) is 276 Å². The van der Waals surface area contributed by atoms with Crippen LogP contribution in [0, 0.1) is 10.1 Å². The minimum Gasteiger partial charge on any atom is -0.493 e. The van der Waals surface area contributed by atoms with Crippen LogP contribution in [-0.4, -0.2) is 131 Å². The molecule has 2 heterocycles. The van der Waals surface area contributed by atoms with E-state index < -0.39 is 17.1 Å². The molecule has 2 fully saturated rings. The van der Waals surface area contributed by atoms with Crippen LogP contribution in [0.5, 0.6) is 11.5 Å². The van der Waals surface area contributed by atoms with Gasteiger partial charge in [-0.15, -0.1) is 0 Å². The van der Waals surface area contributed by atoms with Crippen molar-refractivity contribution in [2.75, 3.05) is 85.3 Å². The summed E-state index contributed by atoms with van der Waals surface area (Å²) in [6.45, 7) is 4.85. The number of alkyl carbamates (subject to hydrolysis) is 1. The highest BCUT2D eigenvalue weighted by Gasteiger charge is 2.42. The normalized spacial score (nSPS) is 17.3. The van der Waals surface area contributed by atoms with E-state index in [0.29, 0.717) is 77.2 Å². The molecular formula is C35H55N9O12S. The van der Waals surface area contributed by atoms with Crippen LogP contribution in [0.2, 0.25) is 0 Å². The number of nitrogens with zero attached hydrogens (tertiary/aromatic N) is 4. The molecule has 5 amide bonds. The number of thioether (sulfide) groups is 1. The zero-order valence-electron chi connectivity index (χ0n) is 32.5. The summed E-state index contributed by atoms with van der Waals surface area (Å²) in [7, 11) is 1.37. The molecule has 0 saturated carbocycles. The molecule has 0 aliphatic carbocycles. The van der Waals surface area contributed by atoms with Crippen LogP contribution in [0.25, 0.3) is 10.4 Å². The van der Waals surface area contributed by atoms with Crippen LogP contribution >= 0.6 is 11.8 Å². The summed E-state index contributed by atoms with van der Waals surface area (Å²) in [5, 5.41) is 29.6. The summed E-state index contributed by atoms with van der Waals surface area (Å²) < 4.78 is 32.8. The summed E-state index contributed by atoms with van der Waals surface area (Å²) in [6.07, 6.45) is 2.29. The number of hydrogen-bond acceptors (Lipinski definition) is 14. The first kappa shape index (κ1) is 46.6. The van der Waals surface area contributed by atoms with Crippen LogP contribution in [0.4, 0.5) is 15.3 Å². The maximum absolute atomic E-state index is 12.2. The Balaban J connectivity index is 1.14. The molecule has 5 N–H and O–H groups in total. The maximum atomic E-state index is 12.2. The summed E-state index contributed by atoms with van der Waals surface area (Å²) in [5.41, 5.74) is 8.07. The van der Waals surface area contributed by atoms with Crippen molar-refractivity contribution in [3.05, 3.63) is 38.3 Å². The lowest BCUT2D eigenvalue weighted by Gasteiger charge is -2.17. The number of azide groups is 1. The first-order valence-electron chi connectivity index (χ1n) is 19.0. The zero-order chi connectivity index (χ0) is 41.3. The Morgan fingerprint density at radius 2 is 1.60 bits per heavy atom. The lowest BCUT2D eigenvalue weighted by Crippen LogP contribution is -2.36. The van der Waals surface area contributed by atoms with Crippen LogP contribution in [-0.2, 0) is 28.5 Å². The molecule has 4 atom stereocenters. The van der Waals surface area contributed by atoms with E-state index in [1.807, 2.05) is 11.8 Å². The fourth-order valence-electron chi connectivity index (χ4n) is 5.90. The van der Waals surface area contributed by atoms with Gasteiger partial charge in [0.25, 0.3) is 5.69 Å². The van der Waals surface area contributed by atoms with Crippen molar-refractivity contribution in [3.63, 3.8) is 0 Å². The number of ether oxygens (including phenoxy) is 6. The predicted molar refractivity (Wildman–Crippen MR) is 208 cm³/mol. The molecule has 57 heavy (non-hydrogen) atoms. The SMILES string of the molecule is COc1cc(C(C)OC(=O)NCCCN=[N+]=[N-])c([N+](=O)[O-])cc1OCCCC(=O)NCCOCCOCCOCCNC(=O)CCCCC1SCC2NC(=O)NC21. The zero-order valence-corrected chi connectivity index (χ0v) is 33.3. The summed E-state index contributed by atoms with van der Waals surface area (Å²) in [6, 6.07) is 2.89. The van der Waals surface area contributed by atoms with E-state index in [1.54, 1.807) is 0 Å². The van der Waals surface area contributed by atoms with Crippen LogP contribution in [0.1, 0.15) is 63.5 Å². The Kier molecular flexibility index (Phi) is 22.1. The molecule has 3 rings (SSSR count). The number of fused-ring (bicyclic) bond motifs is 1. The van der Waals surface area contributed by atoms with Crippen molar-refractivity contribution < 1.29 is 52.5 Å². The smallest absolute Gasteiger partial charge is 0.407 e. The first-order valence-corrected chi connectivity index (χ1v) is 20.1. The number of carbonyl (C=O) groups is 4. The number of methoxy groups -OCH3 is 1. The van der Waals surface area contributed by atoms with Gasteiger partial charge >= 0.3 is 12.1 Å². The molecule has 1 aromatic rings. The van der Waals surface area contributed by atoms with Gasteiger partial charge in [-0.2, -0.15) is 11.8 Å². The van der Waals surface area contributed by atoms with Crippen LogP contribution in [0.3, 0.4) is 0 Å². The van der Waals surface area contributed by atoms with Crippen LogP contribution in [0.15, 0.2) is 17.2 Å². The standard InChI is InChI=1S/C35H55N9O12S/c1-24(56-35(48)39-10-6-11-40-43-36)25-21-28(51-2)29(22-27(25)44(49)50)55-14-5-9-32(46)38-13-16-53-18-20-54-19-17-52-15-12-37-31(45)8-4-3-7-30-33-26(23-57-30)41-34(47)42-33/h21-22,24,26,30,33H,3-20,23H2,1-2H3,(H,37,45)(H,38,46)(H,39,48)(H2,41,42,47). The van der Waals surface area contributed by atoms with Gasteiger partial charge in [0.2, 0.25) is 11.8 Å². The first-order chi connectivity index (χ1) is 27.6. The number of amides is 5. The van der Waals surface area contributed by atoms with Crippen molar-refractivity contribution in [3.8, 4) is 11.5 Å². The van der Waals surface area contributed by atoms with Gasteiger partial charge in [0.05, 0.1) is 82.0 Å². The number of hydrogen-bond donors (Lipinski definition) is 5. The molecule has 0 spiro atoms. The number of nitrogens with one attached hydrogen (secondary N) is 5. The highest BCUT2D eigenvalue weighted by Crippen LogP contribution is 2.38. The minimum absolute atomic E-state index is 0.000950. The van der Waals surface area contributed by atoms with Crippen molar-refractivity contribution in [1.82, 2.24) is 26.6 Å². The second-order valence-electron chi connectivity index (χ2n) is 13.0. The van der Waals surface area contributed by atoms with Gasteiger partial charge in [-0.1, -0.05) is 11.5 Å². The molecule has 2 aliphatic heterocycles. The van der Waals surface area contributed by atoms with E-state index >= 15 is 0 Å². The van der Waals surface area contributed by atoms with Gasteiger partial charge in [0, 0.05) is 54.9 Å². The molecule has 0 aromatic heterocycles. The fraction of sp³-hybridized carbons (Fsp3) is 0.714. The number of urea groups is 1. The molecule has 0 bridgehead atoms. The van der Waals surface area contributed by atoms with Gasteiger partial charge in [0.1, 0.15) is 6.10 Å². The van der Waals surface area contributed by atoms with Crippen molar-refractivity contribution in [1.29, 1.82) is 0 Å². The van der Waals surface area contributed by atoms with Gasteiger partial charge in [-0.25, -0.2) is 9.59 Å². The number of nitro groups is 1. The number of unbranched alkanes of at least 4 members (excludes halogenated alkanes) is 1. The largest absolute Gasteiger partial charge is 0.493 e. The monoisotopic (exact) mass is 825 g/mol. The van der Waals surface area contributed by atoms with Gasteiger partial charge < -0.3 is 55.0 Å². The molecule has 1 aromatic carbocycles. The van der Waals surface area contributed by atoms with E-state index in [4.69, 9.17) is 34.0 Å². The molecule has 2 saturated heterocycles. The molecule has 318 valence electrons. The quantitative estimate of drug-likeness (QED) is 0.0142. The predicted octanol–water partition coefficient (Wildman–Crippen LogP) is 3.26. The number of benzene rings is 1. The Labute approximate surface area is 335 Å². The van der Waals surface area contributed by atoms with Crippen LogP contribution < -0.4 is 36.1 Å². The Morgan fingerprint density at radius 1 is 0.930 bits per heavy atom. The van der Waals surface area contributed by atoms with Gasteiger partial charge in [0.15, 0.2) is 11.5 Å². The molecule has 22 heteroatoms. The molecule has 21 nitrogen and oxygen atoms in total. The maximum Gasteiger partial charge on any atom is 0.407 e. The third-order valence-corrected chi connectivity index (χ3v) is 10.3. The average Bonchev–Trinajstić information content (AvgIpc) is 3.75. The summed E-state index contributed by atoms with van der Waals surface area (Å²) in [5.74, 6) is 1.02. The number of rotatable bonds is 30. The van der Waals surface area contributed by atoms with E-state index in [1.165, 1.54) is 26.2 Å². The third kappa shape index (κ3) is 17.9. The second kappa shape index (κ2) is 27.0. The van der Waals surface area contributed by atoms with Gasteiger partial charge in [-0.05, 0) is 44.2 Å². The molecule has 4 unspecified atom stereocenters. The Morgan fingerprint density at radius 3 is 2.25 bits per heavy atom. The van der Waals surface area contributed by atoms with Crippen molar-refractivity contribution in [2.45, 2.75) is 75.3 Å². The minimum atomic E-state index is -0.996. The summed E-state index contributed by atoms with van der Waals surface area (Å²) in [4.78, 5) is 61.7. The van der Waals surface area contributed by atoms with Crippen molar-refractivity contribution in [2.24, 2.45) is 5.11 Å². The lowest BCUT2D eigenvalue weighted by atomic mass is 10.0. The second-order valence-corrected chi connectivity index (χ2v) is 14.2. The average molecular weight is 826 g/mol.